The summed E-state index contributed by atoms with van der Waals surface area (Å²) in [6.45, 7) is 4.46. The van der Waals surface area contributed by atoms with Crippen molar-refractivity contribution in [1.82, 2.24) is 5.43 Å². The van der Waals surface area contributed by atoms with Crippen molar-refractivity contribution in [2.75, 3.05) is 13.7 Å². The van der Waals surface area contributed by atoms with Crippen LogP contribution in [0.2, 0.25) is 0 Å². The molecule has 0 saturated carbocycles. The maximum atomic E-state index is 12.2. The van der Waals surface area contributed by atoms with E-state index in [0.717, 1.165) is 18.6 Å². The number of carbonyl (C=O) groups excluding carboxylic acids is 1. The van der Waals surface area contributed by atoms with Crippen LogP contribution in [0.3, 0.4) is 0 Å². The van der Waals surface area contributed by atoms with Gasteiger partial charge in [-0.2, -0.15) is 5.10 Å². The zero-order valence-electron chi connectivity index (χ0n) is 12.9. The minimum atomic E-state index is -0.285. The number of carbonyl (C=O) groups is 1. The summed E-state index contributed by atoms with van der Waals surface area (Å²) in [7, 11) is 1.54. The number of methoxy groups -OCH3 is 1. The lowest BCUT2D eigenvalue weighted by Crippen LogP contribution is -2.19. The smallest absolute Gasteiger partial charge is 0.271 e. The highest BCUT2D eigenvalue weighted by Crippen LogP contribution is 2.36. The molecule has 0 radical (unpaired) electrons. The third-order valence-corrected chi connectivity index (χ3v) is 3.86. The normalized spacial score (nSPS) is 15.6. The number of nitrogens with one attached hydrogen (secondary N) is 1. The Hall–Kier alpha value is -1.82. The maximum absolute atomic E-state index is 12.2. The fourth-order valence-electron chi connectivity index (χ4n) is 2.16. The van der Waals surface area contributed by atoms with Crippen molar-refractivity contribution in [2.24, 2.45) is 5.10 Å². The van der Waals surface area contributed by atoms with Gasteiger partial charge in [-0.3, -0.25) is 4.79 Å². The molecule has 6 heteroatoms. The molecular weight excluding hydrogens is 348 g/mol. The van der Waals surface area contributed by atoms with Crippen molar-refractivity contribution < 1.29 is 14.3 Å². The van der Waals surface area contributed by atoms with Crippen LogP contribution in [0.1, 0.15) is 37.0 Å². The highest BCUT2D eigenvalue weighted by Gasteiger charge is 2.15. The van der Waals surface area contributed by atoms with Crippen molar-refractivity contribution in [3.8, 4) is 11.5 Å². The van der Waals surface area contributed by atoms with E-state index in [1.54, 1.807) is 12.1 Å². The third kappa shape index (κ3) is 3.88. The summed E-state index contributed by atoms with van der Waals surface area (Å²) in [5, 5.41) is 4.15. The molecule has 0 atom stereocenters. The van der Waals surface area contributed by atoms with Crippen molar-refractivity contribution in [2.45, 2.75) is 26.7 Å². The monoisotopic (exact) mass is 366 g/mol. The summed E-state index contributed by atoms with van der Waals surface area (Å²) in [5.41, 5.74) is 5.20. The highest BCUT2D eigenvalue weighted by atomic mass is 79.9. The van der Waals surface area contributed by atoms with Gasteiger partial charge in [0.2, 0.25) is 0 Å². The summed E-state index contributed by atoms with van der Waals surface area (Å²) < 4.78 is 11.5. The summed E-state index contributed by atoms with van der Waals surface area (Å²) >= 11 is 3.40. The Morgan fingerprint density at radius 3 is 2.77 bits per heavy atom. The Bertz CT molecular complexity index is 639. The largest absolute Gasteiger partial charge is 0.493 e. The number of rotatable bonds is 5. The van der Waals surface area contributed by atoms with Crippen LogP contribution in [0, 0.1) is 0 Å². The molecule has 1 aromatic carbocycles. The lowest BCUT2D eigenvalue weighted by Gasteiger charge is -2.12. The Balaban J connectivity index is 2.18. The molecule has 5 nitrogen and oxygen atoms in total. The first-order valence-corrected chi connectivity index (χ1v) is 7.88. The first-order chi connectivity index (χ1) is 10.5. The lowest BCUT2D eigenvalue weighted by atomic mass is 10.2. The number of hydrogen-bond donors (Lipinski definition) is 1. The highest BCUT2D eigenvalue weighted by molar-refractivity contribution is 9.10. The molecule has 118 valence electrons. The number of benzene rings is 1. The van der Waals surface area contributed by atoms with Gasteiger partial charge < -0.3 is 9.47 Å². The van der Waals surface area contributed by atoms with E-state index in [4.69, 9.17) is 9.47 Å². The number of ether oxygens (including phenoxy) is 2. The number of amides is 1. The molecule has 1 aromatic rings. The topological polar surface area (TPSA) is 59.9 Å². The average molecular weight is 367 g/mol. The Morgan fingerprint density at radius 2 is 2.18 bits per heavy atom. The second kappa shape index (κ2) is 7.45. The molecule has 1 N–H and O–H groups in total. The van der Waals surface area contributed by atoms with Gasteiger partial charge in [-0.05, 0) is 60.8 Å². The van der Waals surface area contributed by atoms with Gasteiger partial charge in [0.1, 0.15) is 0 Å². The van der Waals surface area contributed by atoms with E-state index in [1.807, 2.05) is 13.0 Å². The molecule has 1 amide bonds. The van der Waals surface area contributed by atoms with E-state index >= 15 is 0 Å². The van der Waals surface area contributed by atoms with Crippen LogP contribution in [-0.2, 0) is 0 Å². The van der Waals surface area contributed by atoms with Gasteiger partial charge in [-0.25, -0.2) is 5.43 Å². The number of hydrazone groups is 1. The standard InChI is InChI=1S/C16H19BrN2O3/c1-4-22-15-13(17)8-11(9-14(15)21-3)16(20)19-18-12-6-5-10(2)7-12/h7-9H,4-6H2,1-3H3,(H,19,20)/b18-12-. The molecule has 0 fully saturated rings. The van der Waals surface area contributed by atoms with E-state index in [1.165, 1.54) is 12.7 Å². The molecule has 0 bridgehead atoms. The van der Waals surface area contributed by atoms with E-state index < -0.39 is 0 Å². The molecule has 1 aliphatic rings. The number of allylic oxidation sites excluding steroid dienone is 2. The second-order valence-corrected chi connectivity index (χ2v) is 5.81. The van der Waals surface area contributed by atoms with E-state index in [9.17, 15) is 4.79 Å². The van der Waals surface area contributed by atoms with E-state index in [2.05, 4.69) is 33.4 Å². The van der Waals surface area contributed by atoms with E-state index in [-0.39, 0.29) is 5.91 Å². The Kier molecular flexibility index (Phi) is 5.60. The number of halogens is 1. The fourth-order valence-corrected chi connectivity index (χ4v) is 2.72. The maximum Gasteiger partial charge on any atom is 0.271 e. The predicted molar refractivity (Wildman–Crippen MR) is 89.8 cm³/mol. The zero-order valence-corrected chi connectivity index (χ0v) is 14.5. The van der Waals surface area contributed by atoms with Gasteiger partial charge in [0.25, 0.3) is 5.91 Å². The molecule has 0 saturated heterocycles. The van der Waals surface area contributed by atoms with Crippen LogP contribution < -0.4 is 14.9 Å². The molecule has 1 aliphatic carbocycles. The van der Waals surface area contributed by atoms with Gasteiger partial charge in [0.05, 0.1) is 23.9 Å². The van der Waals surface area contributed by atoms with Crippen molar-refractivity contribution in [3.63, 3.8) is 0 Å². The van der Waals surface area contributed by atoms with Gasteiger partial charge in [-0.15, -0.1) is 0 Å². The molecular formula is C16H19BrN2O3. The summed E-state index contributed by atoms with van der Waals surface area (Å²) in [6, 6.07) is 3.33. The summed E-state index contributed by atoms with van der Waals surface area (Å²) in [5.74, 6) is 0.806. The predicted octanol–water partition coefficient (Wildman–Crippen LogP) is 3.68. The molecule has 22 heavy (non-hydrogen) atoms. The molecule has 0 aromatic heterocycles. The Morgan fingerprint density at radius 1 is 1.41 bits per heavy atom. The Labute approximate surface area is 138 Å². The van der Waals surface area contributed by atoms with Crippen LogP contribution in [0.25, 0.3) is 0 Å². The number of nitrogens with zero attached hydrogens (tertiary/aromatic N) is 1. The SMILES string of the molecule is CCOc1c(Br)cc(C(=O)N/N=C2\C=C(C)CC2)cc1OC. The zero-order chi connectivity index (χ0) is 16.1. The van der Waals surface area contributed by atoms with Crippen LogP contribution in [-0.4, -0.2) is 25.3 Å². The quantitative estimate of drug-likeness (QED) is 0.808. The first kappa shape index (κ1) is 16.5. The average Bonchev–Trinajstić information content (AvgIpc) is 2.92. The van der Waals surface area contributed by atoms with E-state index in [0.29, 0.717) is 28.1 Å². The van der Waals surface area contributed by atoms with Crippen molar-refractivity contribution >= 4 is 27.5 Å². The van der Waals surface area contributed by atoms with Crippen LogP contribution in [0.5, 0.6) is 11.5 Å². The lowest BCUT2D eigenvalue weighted by molar-refractivity contribution is 0.0954. The minimum absolute atomic E-state index is 0.285. The van der Waals surface area contributed by atoms with Crippen LogP contribution >= 0.6 is 15.9 Å². The summed E-state index contributed by atoms with van der Waals surface area (Å²) in [4.78, 5) is 12.2. The molecule has 0 spiro atoms. The third-order valence-electron chi connectivity index (χ3n) is 3.27. The molecule has 0 heterocycles. The number of hydrogen-bond acceptors (Lipinski definition) is 4. The first-order valence-electron chi connectivity index (χ1n) is 7.09. The van der Waals surface area contributed by atoms with Crippen molar-refractivity contribution in [1.29, 1.82) is 0 Å². The van der Waals surface area contributed by atoms with Crippen LogP contribution in [0.4, 0.5) is 0 Å². The van der Waals surface area contributed by atoms with Gasteiger partial charge in [-0.1, -0.05) is 5.57 Å². The fraction of sp³-hybridized carbons (Fsp3) is 0.375. The van der Waals surface area contributed by atoms with Gasteiger partial charge >= 0.3 is 0 Å². The van der Waals surface area contributed by atoms with Gasteiger partial charge in [0, 0.05) is 5.56 Å². The second-order valence-electron chi connectivity index (χ2n) is 4.96. The molecule has 0 unspecified atom stereocenters. The van der Waals surface area contributed by atoms with Gasteiger partial charge in [0.15, 0.2) is 11.5 Å². The summed E-state index contributed by atoms with van der Waals surface area (Å²) in [6.07, 6.45) is 3.86. The molecule has 0 aliphatic heterocycles. The minimum Gasteiger partial charge on any atom is -0.493 e. The van der Waals surface area contributed by atoms with Crippen molar-refractivity contribution in [3.05, 3.63) is 33.8 Å². The molecule has 2 rings (SSSR count). The van der Waals surface area contributed by atoms with Crippen LogP contribution in [0.15, 0.2) is 33.4 Å².